The average molecular weight is 378 g/mol. The van der Waals surface area contributed by atoms with Crippen molar-refractivity contribution in [1.82, 2.24) is 15.0 Å². The minimum absolute atomic E-state index is 0.00184. The van der Waals surface area contributed by atoms with E-state index in [0.717, 1.165) is 41.4 Å². The fourth-order valence-electron chi connectivity index (χ4n) is 3.65. The van der Waals surface area contributed by atoms with Crippen LogP contribution in [-0.2, 0) is 9.47 Å². The first kappa shape index (κ1) is 17.3. The number of benzene rings is 1. The largest absolute Gasteiger partial charge is 0.484 e. The van der Waals surface area contributed by atoms with E-state index >= 15 is 0 Å². The third-order valence-electron chi connectivity index (χ3n) is 5.15. The van der Waals surface area contributed by atoms with E-state index in [4.69, 9.17) is 19.2 Å². The smallest absolute Gasteiger partial charge is 0.148 e. The van der Waals surface area contributed by atoms with Gasteiger partial charge in [-0.25, -0.2) is 4.98 Å². The predicted molar refractivity (Wildman–Crippen MR) is 105 cm³/mol. The van der Waals surface area contributed by atoms with Gasteiger partial charge in [-0.05, 0) is 31.2 Å². The second-order valence-corrected chi connectivity index (χ2v) is 7.24. The number of pyridine rings is 1. The summed E-state index contributed by atoms with van der Waals surface area (Å²) in [6, 6.07) is 11.8. The Hall–Kier alpha value is -2.77. The molecule has 0 radical (unpaired) electrons. The molecular formula is C21H22N4O3. The molecule has 0 unspecified atom stereocenters. The van der Waals surface area contributed by atoms with Crippen LogP contribution in [0.4, 0.5) is 5.82 Å². The quantitative estimate of drug-likeness (QED) is 0.693. The van der Waals surface area contributed by atoms with Gasteiger partial charge in [-0.2, -0.15) is 0 Å². The van der Waals surface area contributed by atoms with Gasteiger partial charge in [0, 0.05) is 18.8 Å². The van der Waals surface area contributed by atoms with Crippen molar-refractivity contribution < 1.29 is 14.2 Å². The lowest BCUT2D eigenvalue weighted by molar-refractivity contribution is -0.00461. The van der Waals surface area contributed by atoms with Crippen LogP contribution in [0.2, 0.25) is 0 Å². The summed E-state index contributed by atoms with van der Waals surface area (Å²) in [5, 5.41) is 0. The molecule has 28 heavy (non-hydrogen) atoms. The van der Waals surface area contributed by atoms with E-state index in [1.165, 1.54) is 0 Å². The molecular weight excluding hydrogens is 356 g/mol. The maximum Gasteiger partial charge on any atom is 0.148 e. The first-order valence-electron chi connectivity index (χ1n) is 9.54. The van der Waals surface area contributed by atoms with Crippen LogP contribution in [0.5, 0.6) is 5.75 Å². The molecule has 2 aliphatic heterocycles. The number of para-hydroxylation sites is 2. The SMILES string of the molecule is Cc1ccc(OC2CO[C@H]3CN(c4cnc5ccccc5n4)C[C@@H]3OC2)cn1. The maximum absolute atomic E-state index is 6.11. The van der Waals surface area contributed by atoms with Gasteiger partial charge in [0.25, 0.3) is 0 Å². The van der Waals surface area contributed by atoms with Crippen molar-refractivity contribution in [1.29, 1.82) is 0 Å². The molecule has 5 rings (SSSR count). The number of nitrogens with zero attached hydrogens (tertiary/aromatic N) is 4. The van der Waals surface area contributed by atoms with E-state index in [0.29, 0.717) is 13.2 Å². The van der Waals surface area contributed by atoms with Crippen molar-refractivity contribution in [2.75, 3.05) is 31.2 Å². The van der Waals surface area contributed by atoms with Crippen molar-refractivity contribution in [3.63, 3.8) is 0 Å². The zero-order chi connectivity index (χ0) is 18.9. The molecule has 0 amide bonds. The third-order valence-corrected chi connectivity index (χ3v) is 5.15. The van der Waals surface area contributed by atoms with Crippen molar-refractivity contribution in [2.24, 2.45) is 0 Å². The molecule has 7 nitrogen and oxygen atoms in total. The van der Waals surface area contributed by atoms with Gasteiger partial charge < -0.3 is 19.1 Å². The topological polar surface area (TPSA) is 69.6 Å². The van der Waals surface area contributed by atoms with Gasteiger partial charge in [-0.1, -0.05) is 12.1 Å². The summed E-state index contributed by atoms with van der Waals surface area (Å²) in [5.74, 6) is 1.60. The molecule has 3 aromatic rings. The second-order valence-electron chi connectivity index (χ2n) is 7.24. The van der Waals surface area contributed by atoms with Crippen LogP contribution in [0.1, 0.15) is 5.69 Å². The summed E-state index contributed by atoms with van der Waals surface area (Å²) in [4.78, 5) is 15.7. The fraction of sp³-hybridized carbons (Fsp3) is 0.381. The highest BCUT2D eigenvalue weighted by Crippen LogP contribution is 2.26. The Labute approximate surface area is 163 Å². The summed E-state index contributed by atoms with van der Waals surface area (Å²) in [7, 11) is 0. The predicted octanol–water partition coefficient (Wildman–Crippen LogP) is 2.38. The van der Waals surface area contributed by atoms with Crippen molar-refractivity contribution in [3.05, 3.63) is 54.5 Å². The van der Waals surface area contributed by atoms with Crippen LogP contribution < -0.4 is 9.64 Å². The van der Waals surface area contributed by atoms with Gasteiger partial charge >= 0.3 is 0 Å². The lowest BCUT2D eigenvalue weighted by Gasteiger charge is -2.20. The Kier molecular flexibility index (Phi) is 4.54. The highest BCUT2D eigenvalue weighted by Gasteiger charge is 2.38. The molecule has 2 atom stereocenters. The van der Waals surface area contributed by atoms with Gasteiger partial charge in [-0.15, -0.1) is 0 Å². The monoisotopic (exact) mass is 378 g/mol. The molecule has 4 heterocycles. The molecule has 144 valence electrons. The zero-order valence-electron chi connectivity index (χ0n) is 15.7. The van der Waals surface area contributed by atoms with Gasteiger partial charge in [-0.3, -0.25) is 9.97 Å². The standard InChI is InChI=1S/C21H22N4O3/c1-14-6-7-15(8-22-14)28-16-12-26-19-10-25(11-20(19)27-13-16)21-9-23-17-4-2-3-5-18(17)24-21/h2-9,16,19-20H,10-13H2,1H3/t19-,20-/m0/s1. The Balaban J connectivity index is 1.23. The first-order valence-corrected chi connectivity index (χ1v) is 9.54. The van der Waals surface area contributed by atoms with Crippen LogP contribution in [0.3, 0.4) is 0 Å². The number of hydrogen-bond donors (Lipinski definition) is 0. The summed E-state index contributed by atoms with van der Waals surface area (Å²) in [5.41, 5.74) is 2.76. The van der Waals surface area contributed by atoms with Gasteiger partial charge in [0.05, 0.1) is 36.6 Å². The zero-order valence-corrected chi connectivity index (χ0v) is 15.7. The highest BCUT2D eigenvalue weighted by molar-refractivity contribution is 5.75. The molecule has 1 aromatic carbocycles. The number of rotatable bonds is 3. The van der Waals surface area contributed by atoms with Crippen LogP contribution in [0.25, 0.3) is 11.0 Å². The van der Waals surface area contributed by atoms with E-state index < -0.39 is 0 Å². The van der Waals surface area contributed by atoms with Crippen molar-refractivity contribution >= 4 is 16.9 Å². The lowest BCUT2D eigenvalue weighted by Crippen LogP contribution is -2.30. The molecule has 2 aliphatic rings. The van der Waals surface area contributed by atoms with E-state index in [-0.39, 0.29) is 18.3 Å². The average Bonchev–Trinajstić information content (AvgIpc) is 3.05. The number of hydrogen-bond acceptors (Lipinski definition) is 7. The third kappa shape index (κ3) is 3.50. The number of fused-ring (bicyclic) bond motifs is 2. The van der Waals surface area contributed by atoms with E-state index in [1.807, 2.05) is 49.5 Å². The minimum atomic E-state index is -0.135. The normalized spacial score (nSPS) is 22.8. The number of aromatic nitrogens is 3. The summed E-state index contributed by atoms with van der Waals surface area (Å²) < 4.78 is 18.2. The summed E-state index contributed by atoms with van der Waals surface area (Å²) in [6.45, 7) is 4.40. The molecule has 2 fully saturated rings. The number of aryl methyl sites for hydroxylation is 1. The van der Waals surface area contributed by atoms with Gasteiger partial charge in [0.15, 0.2) is 0 Å². The summed E-state index contributed by atoms with van der Waals surface area (Å²) >= 11 is 0. The van der Waals surface area contributed by atoms with E-state index in [9.17, 15) is 0 Å². The van der Waals surface area contributed by atoms with Crippen molar-refractivity contribution in [2.45, 2.75) is 25.2 Å². The van der Waals surface area contributed by atoms with Gasteiger partial charge in [0.1, 0.15) is 29.9 Å². The molecule has 2 saturated heterocycles. The molecule has 2 aromatic heterocycles. The number of ether oxygens (including phenoxy) is 3. The second kappa shape index (κ2) is 7.33. The molecule has 0 N–H and O–H groups in total. The van der Waals surface area contributed by atoms with Crippen LogP contribution in [-0.4, -0.2) is 59.6 Å². The highest BCUT2D eigenvalue weighted by atomic mass is 16.6. The molecule has 0 spiro atoms. The number of anilines is 1. The molecule has 7 heteroatoms. The molecule has 0 aliphatic carbocycles. The first-order chi connectivity index (χ1) is 13.7. The summed E-state index contributed by atoms with van der Waals surface area (Å²) in [6.07, 6.45) is 3.42. The Morgan fingerprint density at radius 2 is 1.68 bits per heavy atom. The van der Waals surface area contributed by atoms with Crippen LogP contribution in [0.15, 0.2) is 48.8 Å². The van der Waals surface area contributed by atoms with Crippen LogP contribution >= 0.6 is 0 Å². The molecule has 0 saturated carbocycles. The van der Waals surface area contributed by atoms with E-state index in [1.54, 1.807) is 6.20 Å². The fourth-order valence-corrected chi connectivity index (χ4v) is 3.65. The Bertz CT molecular complexity index is 949. The Morgan fingerprint density at radius 1 is 0.929 bits per heavy atom. The van der Waals surface area contributed by atoms with Crippen LogP contribution in [0, 0.1) is 6.92 Å². The van der Waals surface area contributed by atoms with Gasteiger partial charge in [0.2, 0.25) is 0 Å². The van der Waals surface area contributed by atoms with E-state index in [2.05, 4.69) is 14.9 Å². The Morgan fingerprint density at radius 3 is 2.39 bits per heavy atom. The molecule has 0 bridgehead atoms. The maximum atomic E-state index is 6.11. The van der Waals surface area contributed by atoms with Crippen molar-refractivity contribution in [3.8, 4) is 5.75 Å². The minimum Gasteiger partial charge on any atom is -0.484 e. The lowest BCUT2D eigenvalue weighted by atomic mass is 10.3.